The lowest BCUT2D eigenvalue weighted by Crippen LogP contribution is -2.55. The summed E-state index contributed by atoms with van der Waals surface area (Å²) in [6, 6.07) is 0. The molecule has 0 aliphatic carbocycles. The van der Waals surface area contributed by atoms with Gasteiger partial charge in [-0.1, -0.05) is 117 Å². The van der Waals surface area contributed by atoms with E-state index in [1.165, 1.54) is 113 Å². The van der Waals surface area contributed by atoms with E-state index < -0.39 is 17.1 Å². The van der Waals surface area contributed by atoms with Crippen LogP contribution >= 0.6 is 72.8 Å². The van der Waals surface area contributed by atoms with Gasteiger partial charge in [0.25, 0.3) is 0 Å². The van der Waals surface area contributed by atoms with Crippen molar-refractivity contribution in [1.29, 1.82) is 0 Å². The van der Waals surface area contributed by atoms with E-state index in [4.69, 9.17) is 63.4 Å². The van der Waals surface area contributed by atoms with Crippen LogP contribution < -0.4 is 17.1 Å². The molecule has 0 bridgehead atoms. The van der Waals surface area contributed by atoms with Crippen molar-refractivity contribution >= 4 is 88.5 Å². The van der Waals surface area contributed by atoms with Gasteiger partial charge in [0, 0.05) is 53.9 Å². The van der Waals surface area contributed by atoms with Gasteiger partial charge in [0.05, 0.1) is 55.8 Å². The van der Waals surface area contributed by atoms with E-state index in [1.54, 1.807) is 0 Å². The van der Waals surface area contributed by atoms with E-state index in [0.29, 0.717) is 0 Å². The largest absolute Gasteiger partial charge is 0.454 e. The summed E-state index contributed by atoms with van der Waals surface area (Å²) < 4.78 is 35.4. The Labute approximate surface area is 351 Å². The fourth-order valence-electron chi connectivity index (χ4n) is 5.08. The number of hydrogen-bond donors (Lipinski definition) is 0. The lowest BCUT2D eigenvalue weighted by atomic mass is 10.1. The molecular weight excluding hydrogens is 811 g/mol. The molecule has 0 aliphatic rings. The summed E-state index contributed by atoms with van der Waals surface area (Å²) in [4.78, 5) is 40.2. The number of thiocarbonyl (C=S) groups is 3. The lowest BCUT2D eigenvalue weighted by molar-refractivity contribution is 0.218. The molecule has 0 atom stereocenters. The standard InChI is InChI=1S/C36H63N3O9S6/c1-4-7-10-13-16-19-28-52-46-34(49)43-25-22-37-31(40)38(23-26-44-35(50)47-53-29-20-17-14-11-8-5-2)33(42)39(32(37)41)24-27-45-36(51)48-54-30-21-18-15-12-9-6-3/h4-30H2,1-3H3. The second kappa shape index (κ2) is 34.8. The smallest absolute Gasteiger partial charge is 0.364 e. The third kappa shape index (κ3) is 24.9. The summed E-state index contributed by atoms with van der Waals surface area (Å²) in [5, 5.41) is -0.291. The first kappa shape index (κ1) is 50.5. The van der Waals surface area contributed by atoms with Crippen molar-refractivity contribution in [1.82, 2.24) is 13.7 Å². The zero-order valence-corrected chi connectivity index (χ0v) is 37.5. The van der Waals surface area contributed by atoms with Gasteiger partial charge >= 0.3 is 32.8 Å². The molecule has 1 rings (SSSR count). The van der Waals surface area contributed by atoms with E-state index in [0.717, 1.165) is 69.5 Å². The maximum absolute atomic E-state index is 13.4. The Morgan fingerprint density at radius 2 is 0.667 bits per heavy atom. The fourth-order valence-corrected chi connectivity index (χ4v) is 7.41. The Bertz CT molecular complexity index is 1150. The topological polar surface area (TPSA) is 121 Å². The quantitative estimate of drug-likeness (QED) is 0.0379. The molecular formula is C36H63N3O9S6. The monoisotopic (exact) mass is 873 g/mol. The van der Waals surface area contributed by atoms with Crippen molar-refractivity contribution in [2.24, 2.45) is 0 Å². The first-order valence-corrected chi connectivity index (χ1v) is 23.5. The summed E-state index contributed by atoms with van der Waals surface area (Å²) in [5.41, 5.74) is -2.48. The summed E-state index contributed by atoms with van der Waals surface area (Å²) in [7, 11) is 0. The maximum atomic E-state index is 13.4. The predicted molar refractivity (Wildman–Crippen MR) is 236 cm³/mol. The van der Waals surface area contributed by atoms with Gasteiger partial charge in [-0.25, -0.2) is 28.1 Å². The highest BCUT2D eigenvalue weighted by Crippen LogP contribution is 2.14. The molecule has 0 fully saturated rings. The fraction of sp³-hybridized carbons (Fsp3) is 0.833. The van der Waals surface area contributed by atoms with Crippen molar-refractivity contribution in [3.8, 4) is 0 Å². The van der Waals surface area contributed by atoms with Crippen molar-refractivity contribution in [3.63, 3.8) is 0 Å². The Hall–Kier alpha value is -1.47. The minimum atomic E-state index is -0.826. The van der Waals surface area contributed by atoms with Gasteiger partial charge in [0.1, 0.15) is 19.8 Å². The highest BCUT2D eigenvalue weighted by Gasteiger charge is 2.17. The highest BCUT2D eigenvalue weighted by atomic mass is 32.2. The van der Waals surface area contributed by atoms with Gasteiger partial charge in [-0.05, 0) is 19.3 Å². The molecule has 0 unspecified atom stereocenters. The lowest BCUT2D eigenvalue weighted by Gasteiger charge is -2.15. The highest BCUT2D eigenvalue weighted by molar-refractivity contribution is 7.96. The first-order chi connectivity index (χ1) is 26.3. The summed E-state index contributed by atoms with van der Waals surface area (Å²) in [6.45, 7) is 5.64. The first-order valence-electron chi connectivity index (χ1n) is 19.6. The Kier molecular flexibility index (Phi) is 32.5. The van der Waals surface area contributed by atoms with Crippen LogP contribution in [0.3, 0.4) is 0 Å². The predicted octanol–water partition coefficient (Wildman–Crippen LogP) is 9.15. The molecule has 0 spiro atoms. The van der Waals surface area contributed by atoms with E-state index >= 15 is 0 Å². The molecule has 312 valence electrons. The summed E-state index contributed by atoms with van der Waals surface area (Å²) in [6.07, 6.45) is 21.0. The molecule has 18 heteroatoms. The van der Waals surface area contributed by atoms with Gasteiger partial charge in [0.15, 0.2) is 0 Å². The Morgan fingerprint density at radius 3 is 0.926 bits per heavy atom. The normalized spacial score (nSPS) is 10.9. The van der Waals surface area contributed by atoms with Gasteiger partial charge in [-0.3, -0.25) is 0 Å². The second-order valence-corrected chi connectivity index (χ2v) is 16.0. The van der Waals surface area contributed by atoms with Crippen molar-refractivity contribution < 1.29 is 26.8 Å². The third-order valence-electron chi connectivity index (χ3n) is 8.11. The van der Waals surface area contributed by atoms with Crippen molar-refractivity contribution in [2.75, 3.05) is 37.1 Å². The molecule has 0 amide bonds. The Balaban J connectivity index is 2.76. The molecule has 1 aromatic rings. The van der Waals surface area contributed by atoms with E-state index in [1.807, 2.05) is 0 Å². The minimum Gasteiger partial charge on any atom is -0.454 e. The third-order valence-corrected chi connectivity index (χ3v) is 11.2. The number of nitrogens with zero attached hydrogens (tertiary/aromatic N) is 3. The van der Waals surface area contributed by atoms with E-state index in [2.05, 4.69) is 20.8 Å². The molecule has 12 nitrogen and oxygen atoms in total. The zero-order chi connectivity index (χ0) is 39.7. The zero-order valence-electron chi connectivity index (χ0n) is 32.6. The van der Waals surface area contributed by atoms with E-state index in [-0.39, 0.29) is 55.2 Å². The summed E-state index contributed by atoms with van der Waals surface area (Å²) in [5.74, 6) is 2.31. The van der Waals surface area contributed by atoms with Gasteiger partial charge in [-0.2, -0.15) is 0 Å². The number of rotatable bonds is 33. The van der Waals surface area contributed by atoms with Crippen LogP contribution in [0.1, 0.15) is 136 Å². The van der Waals surface area contributed by atoms with Crippen LogP contribution in [0.2, 0.25) is 0 Å². The van der Waals surface area contributed by atoms with Crippen molar-refractivity contribution in [3.05, 3.63) is 31.5 Å². The number of unbranched alkanes of at least 4 members (excludes halogenated alkanes) is 15. The summed E-state index contributed by atoms with van der Waals surface area (Å²) >= 11 is 19.1. The second-order valence-electron chi connectivity index (χ2n) is 12.6. The molecule has 0 saturated heterocycles. The van der Waals surface area contributed by atoms with Crippen molar-refractivity contribution in [2.45, 2.75) is 156 Å². The van der Waals surface area contributed by atoms with Crippen LogP contribution in [0, 0.1) is 0 Å². The number of aromatic nitrogens is 3. The molecule has 1 heterocycles. The average molecular weight is 874 g/mol. The molecule has 0 aliphatic heterocycles. The SMILES string of the molecule is CCCCCCCCSOC(=S)OCCn1c(=O)n(CCOC(=S)OSCCCCCCCC)c(=O)n(CCOC(=S)OSCCCCCCCC)c1=O. The van der Waals surface area contributed by atoms with Gasteiger partial charge in [0.2, 0.25) is 0 Å². The van der Waals surface area contributed by atoms with Crippen LogP contribution in [0.5, 0.6) is 0 Å². The van der Waals surface area contributed by atoms with Crippen LogP contribution in [-0.4, -0.2) is 66.5 Å². The van der Waals surface area contributed by atoms with Gasteiger partial charge in [-0.15, -0.1) is 0 Å². The molecule has 0 saturated carbocycles. The Morgan fingerprint density at radius 1 is 0.426 bits per heavy atom. The molecule has 0 N–H and O–H groups in total. The van der Waals surface area contributed by atoms with Gasteiger partial charge < -0.3 is 26.8 Å². The molecule has 0 aromatic carbocycles. The average Bonchev–Trinajstić information content (AvgIpc) is 3.15. The van der Waals surface area contributed by atoms with Crippen LogP contribution in [0.4, 0.5) is 0 Å². The van der Waals surface area contributed by atoms with Crippen LogP contribution in [0.25, 0.3) is 0 Å². The molecule has 0 radical (unpaired) electrons. The van der Waals surface area contributed by atoms with Crippen LogP contribution in [0.15, 0.2) is 14.4 Å². The maximum Gasteiger partial charge on any atom is 0.364 e. The molecule has 1 aromatic heterocycles. The minimum absolute atomic E-state index is 0.0970. The van der Waals surface area contributed by atoms with Crippen LogP contribution in [-0.2, 0) is 46.4 Å². The van der Waals surface area contributed by atoms with E-state index in [9.17, 15) is 14.4 Å². The molecule has 54 heavy (non-hydrogen) atoms. The number of ether oxygens (including phenoxy) is 3. The number of hydrogen-bond acceptors (Lipinski definition) is 15.